The summed E-state index contributed by atoms with van der Waals surface area (Å²) in [6.07, 6.45) is 0. The molecule has 0 amide bonds. The Kier molecular flexibility index (Phi) is 4.83. The molecule has 0 unspecified atom stereocenters. The summed E-state index contributed by atoms with van der Waals surface area (Å²) >= 11 is 0. The maximum atomic E-state index is 9.25. The van der Waals surface area contributed by atoms with Crippen LogP contribution in [0.3, 0.4) is 0 Å². The maximum absolute atomic E-state index is 9.25. The summed E-state index contributed by atoms with van der Waals surface area (Å²) in [6, 6.07) is 46.0. The van der Waals surface area contributed by atoms with Crippen molar-refractivity contribution in [2.45, 2.75) is 0 Å². The summed E-state index contributed by atoms with van der Waals surface area (Å²) in [7, 11) is 0. The highest BCUT2D eigenvalue weighted by atomic mass is 15.1. The van der Waals surface area contributed by atoms with E-state index < -0.39 is 0 Å². The lowest BCUT2D eigenvalue weighted by atomic mass is 10.1. The van der Waals surface area contributed by atoms with Crippen LogP contribution >= 0.6 is 0 Å². The summed E-state index contributed by atoms with van der Waals surface area (Å²) in [4.78, 5) is 2.22. The Morgan fingerprint density at radius 3 is 1.74 bits per heavy atom. The van der Waals surface area contributed by atoms with Crippen molar-refractivity contribution in [1.82, 2.24) is 4.57 Å². The van der Waals surface area contributed by atoms with Crippen molar-refractivity contribution in [1.29, 1.82) is 5.26 Å². The van der Waals surface area contributed by atoms with E-state index in [4.69, 9.17) is 0 Å². The third kappa shape index (κ3) is 3.30. The van der Waals surface area contributed by atoms with Gasteiger partial charge in [-0.1, -0.05) is 60.7 Å². The highest BCUT2D eigenvalue weighted by Crippen LogP contribution is 2.37. The van der Waals surface area contributed by atoms with Crippen molar-refractivity contribution in [3.8, 4) is 11.8 Å². The van der Waals surface area contributed by atoms with Crippen LogP contribution in [0.4, 0.5) is 17.1 Å². The SMILES string of the molecule is N#Cc1ccc(N(c2ccccc2)c2cccc(-n3c4ccccc4c4ccccc43)c2)cc1. The predicted octanol–water partition coefficient (Wildman–Crippen LogP) is 8.13. The molecule has 0 N–H and O–H groups in total. The first kappa shape index (κ1) is 19.8. The van der Waals surface area contributed by atoms with Gasteiger partial charge >= 0.3 is 0 Å². The topological polar surface area (TPSA) is 32.0 Å². The number of benzene rings is 5. The van der Waals surface area contributed by atoms with Gasteiger partial charge in [0, 0.05) is 33.5 Å². The number of aromatic nitrogens is 1. The van der Waals surface area contributed by atoms with Gasteiger partial charge in [-0.3, -0.25) is 0 Å². The van der Waals surface area contributed by atoms with Crippen molar-refractivity contribution < 1.29 is 0 Å². The average molecular weight is 436 g/mol. The van der Waals surface area contributed by atoms with E-state index >= 15 is 0 Å². The van der Waals surface area contributed by atoms with Crippen molar-refractivity contribution >= 4 is 38.9 Å². The number of para-hydroxylation sites is 3. The van der Waals surface area contributed by atoms with E-state index in [1.165, 1.54) is 21.8 Å². The molecule has 0 bridgehead atoms. The van der Waals surface area contributed by atoms with E-state index in [9.17, 15) is 5.26 Å². The Bertz CT molecular complexity index is 1600. The van der Waals surface area contributed by atoms with Gasteiger partial charge in [0.05, 0.1) is 22.7 Å². The highest BCUT2D eigenvalue weighted by molar-refractivity contribution is 6.09. The zero-order valence-corrected chi connectivity index (χ0v) is 18.5. The van der Waals surface area contributed by atoms with E-state index in [1.807, 2.05) is 42.5 Å². The van der Waals surface area contributed by atoms with Crippen LogP contribution in [0.1, 0.15) is 5.56 Å². The second kappa shape index (κ2) is 8.27. The van der Waals surface area contributed by atoms with Crippen LogP contribution in [0.2, 0.25) is 0 Å². The molecule has 0 radical (unpaired) electrons. The van der Waals surface area contributed by atoms with Gasteiger partial charge in [0.2, 0.25) is 0 Å². The highest BCUT2D eigenvalue weighted by Gasteiger charge is 2.15. The van der Waals surface area contributed by atoms with Crippen LogP contribution < -0.4 is 4.90 Å². The van der Waals surface area contributed by atoms with E-state index in [0.717, 1.165) is 22.7 Å². The fourth-order valence-corrected chi connectivity index (χ4v) is 4.68. The first-order chi connectivity index (χ1) is 16.8. The minimum absolute atomic E-state index is 0.649. The summed E-state index contributed by atoms with van der Waals surface area (Å²) in [5, 5.41) is 11.7. The number of rotatable bonds is 4. The molecule has 1 aromatic heterocycles. The number of nitriles is 1. The van der Waals surface area contributed by atoms with Crippen molar-refractivity contribution in [2.24, 2.45) is 0 Å². The molecule has 6 aromatic rings. The summed E-state index contributed by atoms with van der Waals surface area (Å²) < 4.78 is 2.33. The molecule has 0 atom stereocenters. The molecule has 160 valence electrons. The molecule has 5 aromatic carbocycles. The largest absolute Gasteiger partial charge is 0.310 e. The molecule has 0 saturated carbocycles. The molecule has 6 rings (SSSR count). The lowest BCUT2D eigenvalue weighted by molar-refractivity contribution is 1.17. The minimum atomic E-state index is 0.649. The molecule has 0 aliphatic heterocycles. The molecule has 0 fully saturated rings. The molecule has 0 aliphatic carbocycles. The third-order valence-corrected chi connectivity index (χ3v) is 6.20. The van der Waals surface area contributed by atoms with Crippen LogP contribution in [0.15, 0.2) is 127 Å². The Balaban J connectivity index is 1.57. The van der Waals surface area contributed by atoms with Gasteiger partial charge in [-0.05, 0) is 66.7 Å². The van der Waals surface area contributed by atoms with E-state index in [2.05, 4.69) is 100 Å². The number of hydrogen-bond acceptors (Lipinski definition) is 2. The van der Waals surface area contributed by atoms with Gasteiger partial charge in [-0.25, -0.2) is 0 Å². The first-order valence-electron chi connectivity index (χ1n) is 11.3. The van der Waals surface area contributed by atoms with Gasteiger partial charge in [-0.15, -0.1) is 0 Å². The fourth-order valence-electron chi connectivity index (χ4n) is 4.68. The summed E-state index contributed by atoms with van der Waals surface area (Å²) in [5.74, 6) is 0. The number of anilines is 3. The Hall–Kier alpha value is -4.81. The minimum Gasteiger partial charge on any atom is -0.310 e. The van der Waals surface area contributed by atoms with Crippen LogP contribution in [-0.4, -0.2) is 4.57 Å². The summed E-state index contributed by atoms with van der Waals surface area (Å²) in [5.41, 5.74) is 7.24. The molecule has 34 heavy (non-hydrogen) atoms. The van der Waals surface area contributed by atoms with Crippen LogP contribution in [0.5, 0.6) is 0 Å². The molecular weight excluding hydrogens is 414 g/mol. The lowest BCUT2D eigenvalue weighted by Crippen LogP contribution is -2.10. The zero-order valence-electron chi connectivity index (χ0n) is 18.5. The Labute approximate surface area is 198 Å². The normalized spacial score (nSPS) is 10.9. The summed E-state index contributed by atoms with van der Waals surface area (Å²) in [6.45, 7) is 0. The third-order valence-electron chi connectivity index (χ3n) is 6.20. The Morgan fingerprint density at radius 2 is 1.09 bits per heavy atom. The van der Waals surface area contributed by atoms with Crippen LogP contribution in [0.25, 0.3) is 27.5 Å². The number of fused-ring (bicyclic) bond motifs is 3. The molecule has 0 spiro atoms. The first-order valence-corrected chi connectivity index (χ1v) is 11.3. The quantitative estimate of drug-likeness (QED) is 0.280. The number of hydrogen-bond donors (Lipinski definition) is 0. The lowest BCUT2D eigenvalue weighted by Gasteiger charge is -2.26. The predicted molar refractivity (Wildman–Crippen MR) is 140 cm³/mol. The monoisotopic (exact) mass is 435 g/mol. The second-order valence-electron chi connectivity index (χ2n) is 8.22. The average Bonchev–Trinajstić information content (AvgIpc) is 3.25. The second-order valence-corrected chi connectivity index (χ2v) is 8.22. The van der Waals surface area contributed by atoms with E-state index in [1.54, 1.807) is 0 Å². The van der Waals surface area contributed by atoms with E-state index in [0.29, 0.717) is 5.56 Å². The molecule has 0 saturated heterocycles. The molecule has 0 aliphatic rings. The molecular formula is C31H21N3. The van der Waals surface area contributed by atoms with Crippen molar-refractivity contribution in [3.05, 3.63) is 133 Å². The van der Waals surface area contributed by atoms with Crippen LogP contribution in [-0.2, 0) is 0 Å². The van der Waals surface area contributed by atoms with Gasteiger partial charge in [-0.2, -0.15) is 5.26 Å². The molecule has 3 nitrogen and oxygen atoms in total. The molecule has 1 heterocycles. The van der Waals surface area contributed by atoms with Gasteiger partial charge in [0.25, 0.3) is 0 Å². The Morgan fingerprint density at radius 1 is 0.529 bits per heavy atom. The van der Waals surface area contributed by atoms with Crippen molar-refractivity contribution in [2.75, 3.05) is 4.90 Å². The fraction of sp³-hybridized carbons (Fsp3) is 0. The van der Waals surface area contributed by atoms with Gasteiger partial charge < -0.3 is 9.47 Å². The number of nitrogens with zero attached hydrogens (tertiary/aromatic N) is 3. The molecule has 3 heteroatoms. The van der Waals surface area contributed by atoms with Gasteiger partial charge in [0.1, 0.15) is 0 Å². The van der Waals surface area contributed by atoms with E-state index in [-0.39, 0.29) is 0 Å². The smallest absolute Gasteiger partial charge is 0.0991 e. The van der Waals surface area contributed by atoms with Crippen LogP contribution in [0, 0.1) is 11.3 Å². The van der Waals surface area contributed by atoms with Gasteiger partial charge in [0.15, 0.2) is 0 Å². The van der Waals surface area contributed by atoms with Crippen molar-refractivity contribution in [3.63, 3.8) is 0 Å². The standard InChI is InChI=1S/C31H21N3/c32-22-23-17-19-25(20-18-23)33(24-9-2-1-3-10-24)26-11-8-12-27(21-26)34-30-15-6-4-13-28(30)29-14-5-7-16-31(29)34/h1-21H. The zero-order chi connectivity index (χ0) is 22.9. The maximum Gasteiger partial charge on any atom is 0.0991 e.